The SMILES string of the molecule is CCOC(=O)c1sc(Oc2cccnc2C)c2c1CCc1cnsc1-2.Cc1ncccc1Oc1sc(C(=O)O)c2c1-c1sncc1CC2. The normalized spacial score (nSPS) is 12.5. The molecule has 10 nitrogen and oxygen atoms in total. The molecule has 0 saturated heterocycles. The molecule has 6 aromatic rings. The zero-order chi connectivity index (χ0) is 33.4. The van der Waals surface area contributed by atoms with Gasteiger partial charge in [0.05, 0.1) is 38.9 Å². The maximum Gasteiger partial charge on any atom is 0.348 e. The summed E-state index contributed by atoms with van der Waals surface area (Å²) in [4.78, 5) is 35.6. The summed E-state index contributed by atoms with van der Waals surface area (Å²) in [6.07, 6.45) is 10.4. The summed E-state index contributed by atoms with van der Waals surface area (Å²) in [6.45, 7) is 5.94. The Morgan fingerprint density at radius 3 is 1.75 bits per heavy atom. The minimum Gasteiger partial charge on any atom is -0.477 e. The average Bonchev–Trinajstić information content (AvgIpc) is 3.88. The molecule has 0 spiro atoms. The molecular formula is C34H28N4O6S4. The van der Waals surface area contributed by atoms with Gasteiger partial charge in [-0.1, -0.05) is 22.7 Å². The van der Waals surface area contributed by atoms with Crippen molar-refractivity contribution < 1.29 is 28.9 Å². The predicted molar refractivity (Wildman–Crippen MR) is 187 cm³/mol. The number of aromatic carboxylic acids is 1. The standard InChI is InChI=1S/C18H16N2O3S2.C16H12N2O3S2/c1-3-22-17(21)16-12-7-6-11-9-20-25-15(11)14(12)18(24-16)23-13-5-4-8-19-10(13)2;1-8-11(3-2-6-17-8)21-16-12-10(14(22-16)15(19)20)5-4-9-7-18-23-13(9)12/h4-5,8-9H,3,6-7H2,1-2H3;2-3,6-7H,4-5H2,1H3,(H,19,20). The van der Waals surface area contributed by atoms with Crippen molar-refractivity contribution >= 4 is 57.7 Å². The summed E-state index contributed by atoms with van der Waals surface area (Å²) in [5.74, 6) is 0.148. The molecule has 1 N–H and O–H groups in total. The maximum atomic E-state index is 12.4. The van der Waals surface area contributed by atoms with Crippen LogP contribution in [-0.2, 0) is 30.4 Å². The lowest BCUT2D eigenvalue weighted by molar-refractivity contribution is 0.0530. The Hall–Kier alpha value is -4.50. The van der Waals surface area contributed by atoms with Crippen molar-refractivity contribution in [3.05, 3.63) is 92.4 Å². The third-order valence-corrected chi connectivity index (χ3v) is 11.9. The van der Waals surface area contributed by atoms with Crippen LogP contribution in [0.2, 0.25) is 0 Å². The number of carbonyl (C=O) groups is 2. The third-order valence-electron chi connectivity index (χ3n) is 7.96. The van der Waals surface area contributed by atoms with Crippen LogP contribution in [0, 0.1) is 13.8 Å². The fourth-order valence-corrected chi connectivity index (χ4v) is 9.69. The molecule has 0 saturated carbocycles. The highest BCUT2D eigenvalue weighted by atomic mass is 32.1. The van der Waals surface area contributed by atoms with Crippen LogP contribution in [0.25, 0.3) is 20.9 Å². The van der Waals surface area contributed by atoms with Crippen molar-refractivity contribution in [1.82, 2.24) is 18.7 Å². The lowest BCUT2D eigenvalue weighted by Gasteiger charge is -2.14. The van der Waals surface area contributed by atoms with Crippen molar-refractivity contribution in [2.45, 2.75) is 46.5 Å². The number of carboxylic acid groups (broad SMARTS) is 1. The molecule has 0 aliphatic heterocycles. The minimum atomic E-state index is -0.906. The van der Waals surface area contributed by atoms with Gasteiger partial charge in [-0.05, 0) is 116 Å². The first kappa shape index (κ1) is 32.1. The molecule has 0 unspecified atom stereocenters. The predicted octanol–water partition coefficient (Wildman–Crippen LogP) is 8.81. The summed E-state index contributed by atoms with van der Waals surface area (Å²) in [7, 11) is 0. The number of hydrogen-bond donors (Lipinski definition) is 1. The lowest BCUT2D eigenvalue weighted by Crippen LogP contribution is -2.08. The number of esters is 1. The van der Waals surface area contributed by atoms with E-state index in [2.05, 4.69) is 18.7 Å². The highest BCUT2D eigenvalue weighted by Gasteiger charge is 2.32. The van der Waals surface area contributed by atoms with Gasteiger partial charge in [-0.3, -0.25) is 9.97 Å². The number of nitrogens with zero attached hydrogens (tertiary/aromatic N) is 4. The van der Waals surface area contributed by atoms with E-state index in [0.29, 0.717) is 44.4 Å². The topological polar surface area (TPSA) is 134 Å². The molecule has 0 radical (unpaired) electrons. The average molecular weight is 717 g/mol. The van der Waals surface area contributed by atoms with Crippen LogP contribution in [0.15, 0.2) is 49.1 Å². The van der Waals surface area contributed by atoms with E-state index in [0.717, 1.165) is 68.2 Å². The zero-order valence-electron chi connectivity index (χ0n) is 26.1. The van der Waals surface area contributed by atoms with E-state index in [1.807, 2.05) is 51.4 Å². The molecule has 48 heavy (non-hydrogen) atoms. The van der Waals surface area contributed by atoms with Gasteiger partial charge in [0.15, 0.2) is 10.1 Å². The van der Waals surface area contributed by atoms with E-state index in [9.17, 15) is 14.7 Å². The molecule has 6 heterocycles. The van der Waals surface area contributed by atoms with E-state index in [4.69, 9.17) is 14.2 Å². The first-order chi connectivity index (χ1) is 23.3. The van der Waals surface area contributed by atoms with E-state index >= 15 is 0 Å². The largest absolute Gasteiger partial charge is 0.477 e. The van der Waals surface area contributed by atoms with Crippen LogP contribution in [0.4, 0.5) is 0 Å². The van der Waals surface area contributed by atoms with E-state index < -0.39 is 5.97 Å². The molecule has 6 aromatic heterocycles. The minimum absolute atomic E-state index is 0.283. The number of rotatable bonds is 7. The van der Waals surface area contributed by atoms with Crippen LogP contribution >= 0.6 is 45.7 Å². The first-order valence-corrected chi connectivity index (χ1v) is 18.3. The van der Waals surface area contributed by atoms with Crippen molar-refractivity contribution in [3.63, 3.8) is 0 Å². The van der Waals surface area contributed by atoms with Gasteiger partial charge in [0, 0.05) is 24.8 Å². The van der Waals surface area contributed by atoms with Gasteiger partial charge in [0.25, 0.3) is 0 Å². The van der Waals surface area contributed by atoms with Gasteiger partial charge in [0.1, 0.15) is 21.3 Å². The number of ether oxygens (including phenoxy) is 3. The van der Waals surface area contributed by atoms with Gasteiger partial charge in [-0.2, -0.15) is 0 Å². The number of fused-ring (bicyclic) bond motifs is 6. The van der Waals surface area contributed by atoms with E-state index in [-0.39, 0.29) is 5.97 Å². The quantitative estimate of drug-likeness (QED) is 0.160. The van der Waals surface area contributed by atoms with Crippen molar-refractivity contribution in [2.75, 3.05) is 6.61 Å². The highest BCUT2D eigenvalue weighted by Crippen LogP contribution is 2.51. The molecule has 0 aromatic carbocycles. The number of aromatic nitrogens is 4. The van der Waals surface area contributed by atoms with E-state index in [1.54, 1.807) is 18.5 Å². The Labute approximate surface area is 292 Å². The van der Waals surface area contributed by atoms with Gasteiger partial charge < -0.3 is 19.3 Å². The molecule has 0 atom stereocenters. The summed E-state index contributed by atoms with van der Waals surface area (Å²) in [5, 5.41) is 10.8. The smallest absolute Gasteiger partial charge is 0.348 e. The van der Waals surface area contributed by atoms with Crippen molar-refractivity contribution in [2.24, 2.45) is 0 Å². The second-order valence-corrected chi connectivity index (χ2v) is 14.5. The number of carbonyl (C=O) groups excluding carboxylic acids is 1. The Morgan fingerprint density at radius 1 is 0.771 bits per heavy atom. The maximum absolute atomic E-state index is 12.4. The van der Waals surface area contributed by atoms with Gasteiger partial charge in [0.2, 0.25) is 0 Å². The Morgan fingerprint density at radius 2 is 1.27 bits per heavy atom. The van der Waals surface area contributed by atoms with Gasteiger partial charge in [-0.25, -0.2) is 18.3 Å². The van der Waals surface area contributed by atoms with E-state index in [1.165, 1.54) is 51.3 Å². The molecule has 0 amide bonds. The Kier molecular flexibility index (Phi) is 9.05. The fourth-order valence-electron chi connectivity index (χ4n) is 5.66. The van der Waals surface area contributed by atoms with Crippen molar-refractivity contribution in [3.8, 4) is 42.5 Å². The number of hydrogen-bond acceptors (Lipinski definition) is 13. The van der Waals surface area contributed by atoms with Crippen LogP contribution in [0.1, 0.15) is 59.9 Å². The summed E-state index contributed by atoms with van der Waals surface area (Å²) < 4.78 is 26.0. The lowest BCUT2D eigenvalue weighted by atomic mass is 9.93. The number of aryl methyl sites for hydroxylation is 4. The molecule has 8 rings (SSSR count). The molecule has 0 fully saturated rings. The molecule has 244 valence electrons. The summed E-state index contributed by atoms with van der Waals surface area (Å²) in [6, 6.07) is 7.37. The molecular weight excluding hydrogens is 689 g/mol. The molecule has 2 aliphatic carbocycles. The highest BCUT2D eigenvalue weighted by molar-refractivity contribution is 7.18. The number of pyridine rings is 2. The number of thiophene rings is 2. The van der Waals surface area contributed by atoms with Gasteiger partial charge >= 0.3 is 11.9 Å². The number of carboxylic acids is 1. The summed E-state index contributed by atoms with van der Waals surface area (Å²) in [5.41, 5.74) is 7.69. The van der Waals surface area contributed by atoms with Crippen LogP contribution < -0.4 is 9.47 Å². The monoisotopic (exact) mass is 716 g/mol. The molecule has 2 aliphatic rings. The molecule has 0 bridgehead atoms. The van der Waals surface area contributed by atoms with Gasteiger partial charge in [-0.15, -0.1) is 0 Å². The Bertz CT molecular complexity index is 2160. The molecule has 14 heteroatoms. The third kappa shape index (κ3) is 6.00. The Balaban J connectivity index is 0.000000152. The second kappa shape index (κ2) is 13.5. The van der Waals surface area contributed by atoms with Crippen LogP contribution in [0.3, 0.4) is 0 Å². The fraction of sp³-hybridized carbons (Fsp3) is 0.235. The zero-order valence-corrected chi connectivity index (χ0v) is 29.3. The van der Waals surface area contributed by atoms with Crippen LogP contribution in [-0.4, -0.2) is 42.4 Å². The van der Waals surface area contributed by atoms with Crippen LogP contribution in [0.5, 0.6) is 21.6 Å². The second-order valence-electron chi connectivity index (χ2n) is 10.9. The first-order valence-electron chi connectivity index (χ1n) is 15.1. The summed E-state index contributed by atoms with van der Waals surface area (Å²) >= 11 is 5.37. The van der Waals surface area contributed by atoms with Crippen molar-refractivity contribution in [1.29, 1.82) is 0 Å².